The zero-order chi connectivity index (χ0) is 66.6. The predicted octanol–water partition coefficient (Wildman–Crippen LogP) is 14.2. The maximum atomic E-state index is 11.5. The highest BCUT2D eigenvalue weighted by molar-refractivity contribution is 6.31. The molecule has 0 spiro atoms. The van der Waals surface area contributed by atoms with Crippen molar-refractivity contribution in [2.45, 2.75) is 91.6 Å². The summed E-state index contributed by atoms with van der Waals surface area (Å²) >= 11 is 46.6. The van der Waals surface area contributed by atoms with Crippen molar-refractivity contribution >= 4 is 158 Å². The number of benzene rings is 4. The molecular weight excluding hydrogens is 1330 g/mol. The largest absolute Gasteiger partial charge is 0.449 e. The van der Waals surface area contributed by atoms with Gasteiger partial charge in [-0.25, -0.2) is 14.4 Å². The second-order valence-electron chi connectivity index (χ2n) is 17.1. The Morgan fingerprint density at radius 3 is 1.08 bits per heavy atom. The van der Waals surface area contributed by atoms with E-state index in [0.717, 1.165) is 35.1 Å². The van der Waals surface area contributed by atoms with E-state index in [9.17, 15) is 43.2 Å². The summed E-state index contributed by atoms with van der Waals surface area (Å²) in [5.41, 5.74) is 2.44. The summed E-state index contributed by atoms with van der Waals surface area (Å²) in [6.07, 6.45) is 1.20. The number of carbonyl (C=O) groups excluding carboxylic acids is 9. The van der Waals surface area contributed by atoms with Gasteiger partial charge in [-0.15, -0.1) is 0 Å². The first-order chi connectivity index (χ1) is 41.5. The fourth-order valence-electron chi connectivity index (χ4n) is 5.95. The van der Waals surface area contributed by atoms with Crippen LogP contribution in [-0.4, -0.2) is 115 Å². The molecule has 0 fully saturated rings. The number of ether oxygens (including phenoxy) is 10. The lowest BCUT2D eigenvalue weighted by Crippen LogP contribution is -2.36. The van der Waals surface area contributed by atoms with E-state index >= 15 is 0 Å². The van der Waals surface area contributed by atoms with Crippen LogP contribution in [-0.2, 0) is 90.5 Å². The van der Waals surface area contributed by atoms with Gasteiger partial charge in [0, 0.05) is 7.11 Å². The van der Waals surface area contributed by atoms with Crippen molar-refractivity contribution in [1.29, 1.82) is 0 Å². The van der Waals surface area contributed by atoms with Gasteiger partial charge >= 0.3 is 53.7 Å². The number of alkyl halides is 9. The summed E-state index contributed by atoms with van der Waals surface area (Å²) in [7, 11) is 1.45. The molecule has 5 atom stereocenters. The average molecular weight is 1410 g/mol. The number of methoxy groups -OCH3 is 1. The number of hydrogen-bond donors (Lipinski definition) is 0. The highest BCUT2D eigenvalue weighted by Crippen LogP contribution is 2.23. The van der Waals surface area contributed by atoms with Gasteiger partial charge in [-0.1, -0.05) is 253 Å². The number of hydrogen-bond acceptors (Lipinski definition) is 19. The summed E-state index contributed by atoms with van der Waals surface area (Å²) < 4.78 is 45.3. The Bertz CT molecular complexity index is 2410. The maximum absolute atomic E-state index is 11.5. The number of halogens is 9. The molecule has 0 aromatic heterocycles. The Hall–Kier alpha value is -5.32. The second kappa shape index (κ2) is 54.8. The molecule has 4 rings (SSSR count). The van der Waals surface area contributed by atoms with E-state index in [0.29, 0.717) is 6.42 Å². The van der Waals surface area contributed by atoms with E-state index in [1.165, 1.54) is 21.0 Å². The van der Waals surface area contributed by atoms with Crippen LogP contribution in [0.2, 0.25) is 0 Å². The molecule has 0 saturated heterocycles. The highest BCUT2D eigenvalue weighted by Gasteiger charge is 2.39. The minimum Gasteiger partial charge on any atom is -0.449 e. The molecule has 0 bridgehead atoms. The summed E-state index contributed by atoms with van der Waals surface area (Å²) in [5.74, 6) is -5.56. The summed E-state index contributed by atoms with van der Waals surface area (Å²) in [4.78, 5) is 98.7. The monoisotopic (exact) mass is 1400 g/mol. The molecular formula is C59H73Cl9O19. The highest BCUT2D eigenvalue weighted by atomic mass is 35.5. The Morgan fingerprint density at radius 2 is 0.724 bits per heavy atom. The van der Waals surface area contributed by atoms with Crippen molar-refractivity contribution in [1.82, 2.24) is 0 Å². The molecule has 0 saturated carbocycles. The molecule has 0 aliphatic rings. The molecule has 28 heteroatoms. The summed E-state index contributed by atoms with van der Waals surface area (Å²) in [6, 6.07) is 36.2. The van der Waals surface area contributed by atoms with E-state index in [2.05, 4.69) is 37.9 Å². The lowest BCUT2D eigenvalue weighted by Gasteiger charge is -2.18. The first kappa shape index (κ1) is 85.9. The first-order valence-electron chi connectivity index (χ1n) is 25.7. The van der Waals surface area contributed by atoms with E-state index in [-0.39, 0.29) is 102 Å². The Kier molecular flexibility index (Phi) is 54.1. The molecule has 0 aliphatic carbocycles. The van der Waals surface area contributed by atoms with Gasteiger partial charge in [0.15, 0.2) is 66.1 Å². The molecule has 0 amide bonds. The maximum Gasteiger partial charge on any atom is 0.418 e. The smallest absolute Gasteiger partial charge is 0.418 e. The quantitative estimate of drug-likeness (QED) is 0.0208. The average Bonchev–Trinajstić information content (AvgIpc) is 3.61. The van der Waals surface area contributed by atoms with E-state index in [1.807, 2.05) is 137 Å². The molecule has 4 aromatic rings. The first-order valence-corrected chi connectivity index (χ1v) is 30.6. The predicted molar refractivity (Wildman–Crippen MR) is 335 cm³/mol. The van der Waals surface area contributed by atoms with Gasteiger partial charge in [0.25, 0.3) is 0 Å². The van der Waals surface area contributed by atoms with Crippen LogP contribution >= 0.6 is 104 Å². The molecule has 1 unspecified atom stereocenters. The second-order valence-corrected chi connectivity index (χ2v) is 19.0. The zero-order valence-electron chi connectivity index (χ0n) is 49.1. The molecule has 486 valence electrons. The van der Waals surface area contributed by atoms with Crippen LogP contribution in [0.25, 0.3) is 0 Å². The lowest BCUT2D eigenvalue weighted by molar-refractivity contribution is -0.167. The SMILES string of the molecule is CC(C)(C(=O)OCCl)C(=O)OCCl.CC[C@H](C(=O)OCCl)c1ccccc1.CC[C@H](C)C(=O)OCCl.COC(C(=O)OCCl)c1ccccc1.C[C@@H](CC(=O)OCCl)c1ccccc1.C[C@H](C(=O)OCCl)c1ccccc1.O=C(OCCl)C(=O)OCCl. The zero-order valence-corrected chi connectivity index (χ0v) is 55.9. The van der Waals surface area contributed by atoms with Gasteiger partial charge < -0.3 is 47.4 Å². The van der Waals surface area contributed by atoms with Crippen LogP contribution < -0.4 is 0 Å². The van der Waals surface area contributed by atoms with Crippen LogP contribution in [0, 0.1) is 11.3 Å². The van der Waals surface area contributed by atoms with Gasteiger partial charge in [-0.05, 0) is 61.8 Å². The van der Waals surface area contributed by atoms with Gasteiger partial charge in [0.05, 0.1) is 24.2 Å². The number of esters is 9. The molecule has 0 N–H and O–H groups in total. The molecule has 87 heavy (non-hydrogen) atoms. The minimum absolute atomic E-state index is 0.0243. The standard InChI is InChI=1S/2C11H13ClO2.C10H11ClO3.C10H11ClO2.C7H10Cl2O4.C6H11ClO2.C4H4Cl2O4/c1-9(7-11(13)14-8-12)10-5-3-2-4-6-10;1-2-10(11(13)14-8-12)9-6-4-3-5-7-9;1-13-9(10(12)14-7-11)8-5-3-2-4-6-8;1-8(10(12)13-7-11)9-5-3-2-4-6-9;1-7(2,5(10)12-3-8)6(11)13-4-9;1-3-5(2)6(8)9-4-7;5-1-9-3(7)4(8)10-2-6/h2-6,9H,7-8H2,1H3;3-7,10H,2,8H2,1H3;2-6,9H,7H2,1H3;2-6,8H,7H2,1H3;3-4H2,1-2H3;5H,3-4H2,1-2H3;1-2H2/t9-;10-;;8-;;5-;/m00.0.0./s1. The number of carbonyl (C=O) groups is 9. The molecule has 0 radical (unpaired) electrons. The molecule has 0 heterocycles. The third-order valence-electron chi connectivity index (χ3n) is 10.9. The third kappa shape index (κ3) is 40.0. The Morgan fingerprint density at radius 1 is 0.391 bits per heavy atom. The van der Waals surface area contributed by atoms with E-state index in [4.69, 9.17) is 114 Å². The van der Waals surface area contributed by atoms with Gasteiger partial charge in [0.2, 0.25) is 0 Å². The van der Waals surface area contributed by atoms with Gasteiger partial charge in [-0.3, -0.25) is 28.8 Å². The van der Waals surface area contributed by atoms with Crippen molar-refractivity contribution in [3.63, 3.8) is 0 Å². The summed E-state index contributed by atoms with van der Waals surface area (Å²) in [5, 5.41) is 0. The van der Waals surface area contributed by atoms with Crippen LogP contribution in [0.1, 0.15) is 114 Å². The normalized spacial score (nSPS) is 11.6. The molecule has 4 aromatic carbocycles. The van der Waals surface area contributed by atoms with Crippen LogP contribution in [0.3, 0.4) is 0 Å². The third-order valence-corrected chi connectivity index (χ3v) is 11.9. The Balaban J connectivity index is -0.000000951. The van der Waals surface area contributed by atoms with Crippen molar-refractivity contribution in [2.24, 2.45) is 11.3 Å². The van der Waals surface area contributed by atoms with Crippen LogP contribution in [0.15, 0.2) is 121 Å². The van der Waals surface area contributed by atoms with Crippen LogP contribution in [0.5, 0.6) is 0 Å². The lowest BCUT2D eigenvalue weighted by atomic mass is 9.94. The Labute approximate surface area is 553 Å². The van der Waals surface area contributed by atoms with Crippen molar-refractivity contribution in [2.75, 3.05) is 61.7 Å². The number of rotatable bonds is 24. The molecule has 0 aliphatic heterocycles. The van der Waals surface area contributed by atoms with E-state index in [1.54, 1.807) is 19.1 Å². The fourth-order valence-corrected chi connectivity index (χ4v) is 6.90. The van der Waals surface area contributed by atoms with Gasteiger partial charge in [-0.2, -0.15) is 0 Å². The van der Waals surface area contributed by atoms with E-state index < -0.39 is 41.4 Å². The summed E-state index contributed by atoms with van der Waals surface area (Å²) in [6.45, 7) is 12.2. The topological polar surface area (TPSA) is 246 Å². The van der Waals surface area contributed by atoms with Crippen molar-refractivity contribution < 1.29 is 90.5 Å². The fraction of sp³-hybridized carbons (Fsp3) is 0.441. The molecule has 19 nitrogen and oxygen atoms in total. The van der Waals surface area contributed by atoms with Gasteiger partial charge in [0.1, 0.15) is 0 Å². The van der Waals surface area contributed by atoms with Crippen molar-refractivity contribution in [3.8, 4) is 0 Å². The minimum atomic E-state index is -1.37. The van der Waals surface area contributed by atoms with Crippen molar-refractivity contribution in [3.05, 3.63) is 144 Å². The van der Waals surface area contributed by atoms with Crippen LogP contribution in [0.4, 0.5) is 0 Å².